The second-order valence-corrected chi connectivity index (χ2v) is 7.26. The van der Waals surface area contributed by atoms with Gasteiger partial charge < -0.3 is 15.0 Å². The molecule has 0 radical (unpaired) electrons. The highest BCUT2D eigenvalue weighted by molar-refractivity contribution is 5.79. The van der Waals surface area contributed by atoms with Gasteiger partial charge in [-0.1, -0.05) is 12.1 Å². The number of rotatable bonds is 5. The van der Waals surface area contributed by atoms with Crippen molar-refractivity contribution in [3.8, 4) is 5.75 Å². The van der Waals surface area contributed by atoms with E-state index in [1.165, 1.54) is 12.8 Å². The monoisotopic (exact) mass is 316 g/mol. The number of fused-ring (bicyclic) bond motifs is 2. The van der Waals surface area contributed by atoms with Gasteiger partial charge in [-0.2, -0.15) is 0 Å². The van der Waals surface area contributed by atoms with E-state index < -0.39 is 0 Å². The van der Waals surface area contributed by atoms with Crippen LogP contribution in [0.1, 0.15) is 45.1 Å². The molecule has 1 aromatic carbocycles. The summed E-state index contributed by atoms with van der Waals surface area (Å²) < 4.78 is 5.72. The Balaban J connectivity index is 1.60. The minimum atomic E-state index is 0.147. The van der Waals surface area contributed by atoms with Crippen LogP contribution in [-0.2, 0) is 11.2 Å². The molecule has 0 aromatic heterocycles. The van der Waals surface area contributed by atoms with Crippen molar-refractivity contribution in [1.29, 1.82) is 0 Å². The van der Waals surface area contributed by atoms with Crippen molar-refractivity contribution in [2.75, 3.05) is 7.05 Å². The maximum atomic E-state index is 12.6. The number of ether oxygens (including phenoxy) is 1. The predicted octanol–water partition coefficient (Wildman–Crippen LogP) is 2.76. The zero-order valence-electron chi connectivity index (χ0n) is 14.4. The normalized spacial score (nSPS) is 26.3. The van der Waals surface area contributed by atoms with Gasteiger partial charge in [0.25, 0.3) is 0 Å². The molecule has 1 aromatic rings. The van der Waals surface area contributed by atoms with Gasteiger partial charge in [0.15, 0.2) is 0 Å². The average molecular weight is 316 g/mol. The molecule has 2 atom stereocenters. The Kier molecular flexibility index (Phi) is 4.90. The number of nitrogens with one attached hydrogen (secondary N) is 1. The van der Waals surface area contributed by atoms with Crippen molar-refractivity contribution in [3.63, 3.8) is 0 Å². The summed E-state index contributed by atoms with van der Waals surface area (Å²) >= 11 is 0. The van der Waals surface area contributed by atoms with E-state index in [0.717, 1.165) is 24.2 Å². The highest BCUT2D eigenvalue weighted by atomic mass is 16.5. The van der Waals surface area contributed by atoms with E-state index in [9.17, 15) is 4.79 Å². The van der Waals surface area contributed by atoms with Gasteiger partial charge in [0.05, 0.1) is 12.5 Å². The van der Waals surface area contributed by atoms with Gasteiger partial charge in [-0.25, -0.2) is 0 Å². The van der Waals surface area contributed by atoms with Crippen molar-refractivity contribution >= 4 is 5.91 Å². The molecule has 4 nitrogen and oxygen atoms in total. The standard InChI is InChI=1S/C19H28N2O2/c1-13(2)23-18-6-4-5-14(9-18)10-19(22)21(3)17-11-15-7-8-16(12-17)20-15/h4-6,9,13,15-17,20H,7-8,10-12H2,1-3H3. The van der Waals surface area contributed by atoms with Crippen LogP contribution < -0.4 is 10.1 Å². The predicted molar refractivity (Wildman–Crippen MR) is 91.6 cm³/mol. The summed E-state index contributed by atoms with van der Waals surface area (Å²) in [6, 6.07) is 9.50. The second kappa shape index (κ2) is 6.91. The van der Waals surface area contributed by atoms with Crippen LogP contribution in [0.5, 0.6) is 5.75 Å². The fourth-order valence-corrected chi connectivity index (χ4v) is 3.85. The van der Waals surface area contributed by atoms with Gasteiger partial charge in [0, 0.05) is 25.2 Å². The van der Waals surface area contributed by atoms with Gasteiger partial charge >= 0.3 is 0 Å². The molecule has 23 heavy (non-hydrogen) atoms. The van der Waals surface area contributed by atoms with Crippen molar-refractivity contribution in [2.45, 2.75) is 70.2 Å². The number of carbonyl (C=O) groups excluding carboxylic acids is 1. The Labute approximate surface area is 139 Å². The fourth-order valence-electron chi connectivity index (χ4n) is 3.85. The smallest absolute Gasteiger partial charge is 0.226 e. The highest BCUT2D eigenvalue weighted by Crippen LogP contribution is 2.29. The molecule has 2 aliphatic heterocycles. The summed E-state index contributed by atoms with van der Waals surface area (Å²) in [5, 5.41) is 3.63. The molecule has 0 spiro atoms. The maximum absolute atomic E-state index is 12.6. The first-order valence-electron chi connectivity index (χ1n) is 8.78. The molecule has 2 heterocycles. The third-order valence-electron chi connectivity index (χ3n) is 5.01. The van der Waals surface area contributed by atoms with Gasteiger partial charge in [-0.15, -0.1) is 0 Å². The summed E-state index contributed by atoms with van der Waals surface area (Å²) in [6.07, 6.45) is 5.30. The van der Waals surface area contributed by atoms with Crippen LogP contribution in [0.3, 0.4) is 0 Å². The Bertz CT molecular complexity index is 546. The van der Waals surface area contributed by atoms with E-state index in [4.69, 9.17) is 4.74 Å². The third-order valence-corrected chi connectivity index (χ3v) is 5.01. The van der Waals surface area contributed by atoms with E-state index >= 15 is 0 Å². The summed E-state index contributed by atoms with van der Waals surface area (Å²) in [7, 11) is 1.96. The molecular weight excluding hydrogens is 288 g/mol. The van der Waals surface area contributed by atoms with Crippen LogP contribution in [0.25, 0.3) is 0 Å². The lowest BCUT2D eigenvalue weighted by Crippen LogP contribution is -2.49. The van der Waals surface area contributed by atoms with Crippen molar-refractivity contribution in [3.05, 3.63) is 29.8 Å². The number of likely N-dealkylation sites (N-methyl/N-ethyl adjacent to an activating group) is 1. The number of hydrogen-bond donors (Lipinski definition) is 1. The molecule has 2 bridgehead atoms. The topological polar surface area (TPSA) is 41.6 Å². The summed E-state index contributed by atoms with van der Waals surface area (Å²) in [6.45, 7) is 4.02. The average Bonchev–Trinajstić information content (AvgIpc) is 2.84. The van der Waals surface area contributed by atoms with Gasteiger partial charge in [-0.05, 0) is 57.2 Å². The molecule has 0 aliphatic carbocycles. The third kappa shape index (κ3) is 4.05. The number of piperidine rings is 1. The van der Waals surface area contributed by atoms with Crippen LogP contribution in [0, 0.1) is 0 Å². The molecule has 2 saturated heterocycles. The first kappa shape index (κ1) is 16.3. The highest BCUT2D eigenvalue weighted by Gasteiger charge is 2.36. The van der Waals surface area contributed by atoms with E-state index in [2.05, 4.69) is 5.32 Å². The Hall–Kier alpha value is -1.55. The fraction of sp³-hybridized carbons (Fsp3) is 0.632. The van der Waals surface area contributed by atoms with Crippen LogP contribution in [0.15, 0.2) is 24.3 Å². The SMILES string of the molecule is CC(C)Oc1cccc(CC(=O)N(C)C2CC3CCC(C2)N3)c1. The van der Waals surface area contributed by atoms with Crippen molar-refractivity contribution in [1.82, 2.24) is 10.2 Å². The summed E-state index contributed by atoms with van der Waals surface area (Å²) in [5.41, 5.74) is 1.02. The number of carbonyl (C=O) groups is 1. The second-order valence-electron chi connectivity index (χ2n) is 7.26. The Morgan fingerprint density at radius 2 is 2.00 bits per heavy atom. The number of hydrogen-bond acceptors (Lipinski definition) is 3. The molecule has 126 valence electrons. The molecule has 3 rings (SSSR count). The summed E-state index contributed by atoms with van der Waals surface area (Å²) in [4.78, 5) is 14.6. The molecule has 2 unspecified atom stereocenters. The summed E-state index contributed by atoms with van der Waals surface area (Å²) in [5.74, 6) is 1.05. The zero-order valence-corrected chi connectivity index (χ0v) is 14.4. The maximum Gasteiger partial charge on any atom is 0.226 e. The van der Waals surface area contributed by atoms with Crippen LogP contribution >= 0.6 is 0 Å². The Morgan fingerprint density at radius 3 is 2.65 bits per heavy atom. The van der Waals surface area contributed by atoms with E-state index in [1.54, 1.807) is 0 Å². The molecule has 4 heteroatoms. The van der Waals surface area contributed by atoms with Crippen molar-refractivity contribution in [2.24, 2.45) is 0 Å². The number of amides is 1. The lowest BCUT2D eigenvalue weighted by Gasteiger charge is -2.35. The first-order chi connectivity index (χ1) is 11.0. The van der Waals surface area contributed by atoms with Crippen LogP contribution in [0.4, 0.5) is 0 Å². The minimum absolute atomic E-state index is 0.147. The van der Waals surface area contributed by atoms with Gasteiger partial charge in [0.2, 0.25) is 5.91 Å². The first-order valence-corrected chi connectivity index (χ1v) is 8.78. The molecule has 1 amide bonds. The van der Waals surface area contributed by atoms with Crippen LogP contribution in [0.2, 0.25) is 0 Å². The molecule has 1 N–H and O–H groups in total. The zero-order chi connectivity index (χ0) is 16.4. The lowest BCUT2D eigenvalue weighted by atomic mass is 9.98. The van der Waals surface area contributed by atoms with Crippen molar-refractivity contribution < 1.29 is 9.53 Å². The largest absolute Gasteiger partial charge is 0.491 e. The lowest BCUT2D eigenvalue weighted by molar-refractivity contribution is -0.131. The molecular formula is C19H28N2O2. The number of benzene rings is 1. The molecule has 2 aliphatic rings. The number of nitrogens with zero attached hydrogens (tertiary/aromatic N) is 1. The van der Waals surface area contributed by atoms with Gasteiger partial charge in [0.1, 0.15) is 5.75 Å². The van der Waals surface area contributed by atoms with Crippen LogP contribution in [-0.4, -0.2) is 42.1 Å². The minimum Gasteiger partial charge on any atom is -0.491 e. The van der Waals surface area contributed by atoms with Gasteiger partial charge in [-0.3, -0.25) is 4.79 Å². The Morgan fingerprint density at radius 1 is 1.30 bits per heavy atom. The quantitative estimate of drug-likeness (QED) is 0.908. The van der Waals surface area contributed by atoms with E-state index in [-0.39, 0.29) is 12.0 Å². The molecule has 2 fully saturated rings. The van der Waals surface area contributed by atoms with E-state index in [1.807, 2.05) is 50.1 Å². The molecule has 0 saturated carbocycles. The van der Waals surface area contributed by atoms with E-state index in [0.29, 0.717) is 24.5 Å².